The molecule has 1 saturated carbocycles. The molecule has 3 fully saturated rings. The molecule has 3 aliphatic rings. The van der Waals surface area contributed by atoms with Crippen LogP contribution in [-0.4, -0.2) is 79.0 Å². The van der Waals surface area contributed by atoms with Crippen LogP contribution in [0, 0.1) is 17.3 Å². The molecule has 3 rings (SSSR count). The number of likely N-dealkylation sites (tertiary alicyclic amines) is 2. The van der Waals surface area contributed by atoms with Crippen molar-refractivity contribution in [3.8, 4) is 0 Å². The highest BCUT2D eigenvalue weighted by Crippen LogP contribution is 2.51. The van der Waals surface area contributed by atoms with Crippen molar-refractivity contribution >= 4 is 5.91 Å². The molecule has 5 nitrogen and oxygen atoms in total. The zero-order valence-corrected chi connectivity index (χ0v) is 18.3. The number of β-amino-alcohol motifs (C(OH)–C–C–N with tert-alkyl or cyclic N) is 1. The van der Waals surface area contributed by atoms with Gasteiger partial charge >= 0.3 is 6.18 Å². The summed E-state index contributed by atoms with van der Waals surface area (Å²) in [5, 5.41) is 11.8. The average Bonchev–Trinajstić information content (AvgIpc) is 3.14. The monoisotopic (exact) mass is 434 g/mol. The number of methoxy groups -OCH3 is 1. The first-order valence-electron chi connectivity index (χ1n) is 11.4. The molecule has 174 valence electrons. The Labute approximate surface area is 177 Å². The van der Waals surface area contributed by atoms with Gasteiger partial charge in [-0.15, -0.1) is 0 Å². The zero-order valence-electron chi connectivity index (χ0n) is 18.3. The standard InChI is InChI=1S/C22H37F3N2O3/c1-17(13-22(23,24)25)19(28)27-12-9-21(29,20(15-27)7-3-4-8-20)16-26-10-5-18(6-11-26)14-30-2/h17-18,29H,3-16H2,1-2H3/t17-,21?/m1/s1. The van der Waals surface area contributed by atoms with Crippen LogP contribution in [0.15, 0.2) is 0 Å². The molecule has 1 N–H and O–H groups in total. The van der Waals surface area contributed by atoms with Gasteiger partial charge in [0.2, 0.25) is 5.91 Å². The van der Waals surface area contributed by atoms with Crippen molar-refractivity contribution < 1.29 is 27.8 Å². The average molecular weight is 435 g/mol. The van der Waals surface area contributed by atoms with Crippen LogP contribution >= 0.6 is 0 Å². The highest BCUT2D eigenvalue weighted by atomic mass is 19.4. The number of halogens is 3. The molecule has 0 aromatic heterocycles. The number of aliphatic hydroxyl groups is 1. The maximum absolute atomic E-state index is 12.8. The first-order chi connectivity index (χ1) is 14.1. The number of rotatable bonds is 6. The Bertz CT molecular complexity index is 587. The van der Waals surface area contributed by atoms with Crippen molar-refractivity contribution in [1.82, 2.24) is 9.80 Å². The maximum Gasteiger partial charge on any atom is 0.389 e. The molecule has 2 aliphatic heterocycles. The summed E-state index contributed by atoms with van der Waals surface area (Å²) in [6.07, 6.45) is 0.781. The predicted molar refractivity (Wildman–Crippen MR) is 108 cm³/mol. The fourth-order valence-electron chi connectivity index (χ4n) is 5.95. The highest BCUT2D eigenvalue weighted by Gasteiger charge is 2.56. The number of carbonyl (C=O) groups excluding carboxylic acids is 1. The molecule has 2 heterocycles. The van der Waals surface area contributed by atoms with E-state index in [1.165, 1.54) is 6.92 Å². The molecular weight excluding hydrogens is 397 g/mol. The second-order valence-corrected chi connectivity index (χ2v) is 9.92. The molecule has 1 amide bonds. The second kappa shape index (κ2) is 9.33. The van der Waals surface area contributed by atoms with E-state index in [2.05, 4.69) is 4.90 Å². The quantitative estimate of drug-likeness (QED) is 0.696. The van der Waals surface area contributed by atoms with E-state index < -0.39 is 35.4 Å². The summed E-state index contributed by atoms with van der Waals surface area (Å²) >= 11 is 0. The Morgan fingerprint density at radius 3 is 2.37 bits per heavy atom. The minimum atomic E-state index is -4.34. The van der Waals surface area contributed by atoms with Crippen LogP contribution in [-0.2, 0) is 9.53 Å². The van der Waals surface area contributed by atoms with Crippen molar-refractivity contribution in [1.29, 1.82) is 0 Å². The van der Waals surface area contributed by atoms with Gasteiger partial charge in [0.15, 0.2) is 0 Å². The molecule has 30 heavy (non-hydrogen) atoms. The highest BCUT2D eigenvalue weighted by molar-refractivity contribution is 5.78. The van der Waals surface area contributed by atoms with E-state index in [9.17, 15) is 23.1 Å². The van der Waals surface area contributed by atoms with Gasteiger partial charge in [0.05, 0.1) is 12.0 Å². The molecule has 2 atom stereocenters. The van der Waals surface area contributed by atoms with E-state index in [4.69, 9.17) is 4.74 Å². The minimum Gasteiger partial charge on any atom is -0.388 e. The normalized spacial score (nSPS) is 29.5. The molecule has 1 aliphatic carbocycles. The lowest BCUT2D eigenvalue weighted by molar-refractivity contribution is -0.174. The van der Waals surface area contributed by atoms with E-state index in [1.807, 2.05) is 0 Å². The van der Waals surface area contributed by atoms with Crippen LogP contribution in [0.2, 0.25) is 0 Å². The number of amides is 1. The molecule has 0 bridgehead atoms. The number of nitrogens with zero attached hydrogens (tertiary/aromatic N) is 2. The molecule has 8 heteroatoms. The van der Waals surface area contributed by atoms with Crippen LogP contribution in [0.5, 0.6) is 0 Å². The van der Waals surface area contributed by atoms with E-state index in [0.717, 1.165) is 58.2 Å². The summed E-state index contributed by atoms with van der Waals surface area (Å²) in [5.74, 6) is -0.939. The van der Waals surface area contributed by atoms with Crippen molar-refractivity contribution in [2.45, 2.75) is 70.1 Å². The van der Waals surface area contributed by atoms with Gasteiger partial charge in [-0.3, -0.25) is 4.79 Å². The first kappa shape index (κ1) is 23.8. The number of hydrogen-bond donors (Lipinski definition) is 1. The topological polar surface area (TPSA) is 53.0 Å². The summed E-state index contributed by atoms with van der Waals surface area (Å²) < 4.78 is 43.6. The van der Waals surface area contributed by atoms with Gasteiger partial charge in [-0.2, -0.15) is 13.2 Å². The van der Waals surface area contributed by atoms with Crippen molar-refractivity contribution in [2.24, 2.45) is 17.3 Å². The van der Waals surface area contributed by atoms with Crippen molar-refractivity contribution in [3.05, 3.63) is 0 Å². The maximum atomic E-state index is 12.8. The van der Waals surface area contributed by atoms with Crippen LogP contribution < -0.4 is 0 Å². The number of ether oxygens (including phenoxy) is 1. The summed E-state index contributed by atoms with van der Waals surface area (Å²) in [7, 11) is 1.73. The molecule has 0 aromatic carbocycles. The van der Waals surface area contributed by atoms with Crippen LogP contribution in [0.1, 0.15) is 58.3 Å². The number of alkyl halides is 3. The summed E-state index contributed by atoms with van der Waals surface area (Å²) in [6, 6.07) is 0. The first-order valence-corrected chi connectivity index (χ1v) is 11.4. The van der Waals surface area contributed by atoms with Crippen LogP contribution in [0.25, 0.3) is 0 Å². The SMILES string of the molecule is COCC1CCN(CC2(O)CCN(C(=O)[C@H](C)CC(F)(F)F)CC23CCCC3)CC1. The third kappa shape index (κ3) is 5.30. The van der Waals surface area contributed by atoms with Crippen molar-refractivity contribution in [3.63, 3.8) is 0 Å². The smallest absolute Gasteiger partial charge is 0.388 e. The van der Waals surface area contributed by atoms with Crippen molar-refractivity contribution in [2.75, 3.05) is 46.4 Å². The lowest BCUT2D eigenvalue weighted by Crippen LogP contribution is -2.64. The molecule has 2 saturated heterocycles. The van der Waals surface area contributed by atoms with Gasteiger partial charge in [0.25, 0.3) is 0 Å². The minimum absolute atomic E-state index is 0.333. The number of carbonyl (C=O) groups is 1. The van der Waals surface area contributed by atoms with E-state index in [1.54, 1.807) is 12.0 Å². The molecule has 0 aromatic rings. The lowest BCUT2D eigenvalue weighted by atomic mass is 9.65. The summed E-state index contributed by atoms with van der Waals surface area (Å²) in [4.78, 5) is 16.7. The van der Waals surface area contributed by atoms with Gasteiger partial charge in [-0.1, -0.05) is 19.8 Å². The Hall–Kier alpha value is -0.860. The lowest BCUT2D eigenvalue weighted by Gasteiger charge is -2.54. The summed E-state index contributed by atoms with van der Waals surface area (Å²) in [6.45, 7) is 5.30. The third-order valence-electron chi connectivity index (χ3n) is 7.70. The summed E-state index contributed by atoms with van der Waals surface area (Å²) in [5.41, 5.74) is -1.29. The Morgan fingerprint density at radius 1 is 1.17 bits per heavy atom. The van der Waals surface area contributed by atoms with Gasteiger partial charge in [-0.05, 0) is 51.1 Å². The second-order valence-electron chi connectivity index (χ2n) is 9.92. The van der Waals surface area contributed by atoms with Crippen LogP contribution in [0.4, 0.5) is 13.2 Å². The van der Waals surface area contributed by atoms with Gasteiger partial charge in [0, 0.05) is 44.7 Å². The zero-order chi connectivity index (χ0) is 22.0. The third-order valence-corrected chi connectivity index (χ3v) is 7.70. The Morgan fingerprint density at radius 2 is 1.80 bits per heavy atom. The van der Waals surface area contributed by atoms with Gasteiger partial charge in [-0.25, -0.2) is 0 Å². The Balaban J connectivity index is 1.65. The molecule has 1 unspecified atom stereocenters. The number of hydrogen-bond acceptors (Lipinski definition) is 4. The van der Waals surface area contributed by atoms with E-state index in [-0.39, 0.29) is 0 Å². The van der Waals surface area contributed by atoms with E-state index in [0.29, 0.717) is 32.0 Å². The molecular formula is C22H37F3N2O3. The predicted octanol–water partition coefficient (Wildman–Crippen LogP) is 3.46. The fourth-order valence-corrected chi connectivity index (χ4v) is 5.95. The molecule has 1 spiro atoms. The van der Waals surface area contributed by atoms with Gasteiger partial charge in [0.1, 0.15) is 0 Å². The van der Waals surface area contributed by atoms with Crippen LogP contribution in [0.3, 0.4) is 0 Å². The molecule has 0 radical (unpaired) electrons. The number of piperidine rings is 2. The fraction of sp³-hybridized carbons (Fsp3) is 0.955. The largest absolute Gasteiger partial charge is 0.389 e. The van der Waals surface area contributed by atoms with E-state index >= 15 is 0 Å². The van der Waals surface area contributed by atoms with Gasteiger partial charge < -0.3 is 19.6 Å². The Kier molecular flexibility index (Phi) is 7.40.